The van der Waals surface area contributed by atoms with E-state index in [2.05, 4.69) is 6.92 Å². The van der Waals surface area contributed by atoms with Gasteiger partial charge in [0.1, 0.15) is 30.1 Å². The average molecular weight is 928 g/mol. The fraction of sp³-hybridized carbons (Fsp3) is 0.700. The number of piperidine rings is 1. The number of methoxy groups -OCH3 is 3. The summed E-state index contributed by atoms with van der Waals surface area (Å²) in [6.07, 6.45) is 3.82. The Bertz CT molecular complexity index is 1860. The molecule has 14 nitrogen and oxygen atoms in total. The van der Waals surface area contributed by atoms with E-state index in [1.807, 2.05) is 51.1 Å². The van der Waals surface area contributed by atoms with E-state index in [-0.39, 0.29) is 66.8 Å². The lowest BCUT2D eigenvalue weighted by molar-refractivity contribution is -0.302. The maximum Gasteiger partial charge on any atom is 0.358 e. The first-order valence-corrected chi connectivity index (χ1v) is 23.9. The number of carbonyl (C=O) groups is 4. The standard InChI is InChI=1S/C50H73NO13S/c1-10-35-23-29(2)22-30(3)24-42(59-8)45-43(60-9)26-32(5)50(57,64-45)46(54)47(55)51-21-15-14-18-37(51)48(56)63-44(33(6)38(52)28-39(35)53)31(4)25-34-19-20-40(41(27-34)58-7)62-49(65)61-36-16-12-11-13-17-36/h11-13,16-17,23,25,29-30,32-34,37-38,40-45,52,57H,10,14-15,18-22,24,26-28H2,1-9H3/b31-25?,35-23+. The lowest BCUT2D eigenvalue weighted by Gasteiger charge is -2.47. The van der Waals surface area contributed by atoms with Gasteiger partial charge in [-0.05, 0) is 112 Å². The van der Waals surface area contributed by atoms with Crippen molar-refractivity contribution in [2.75, 3.05) is 27.9 Å². The van der Waals surface area contributed by atoms with E-state index in [1.54, 1.807) is 33.1 Å². The van der Waals surface area contributed by atoms with E-state index in [4.69, 9.17) is 45.4 Å². The Balaban J connectivity index is 1.46. The van der Waals surface area contributed by atoms with Crippen molar-refractivity contribution >= 4 is 40.9 Å². The topological polar surface area (TPSA) is 177 Å². The molecule has 65 heavy (non-hydrogen) atoms. The molecule has 15 heteroatoms. The summed E-state index contributed by atoms with van der Waals surface area (Å²) >= 11 is 5.41. The first kappa shape index (κ1) is 52.4. The molecule has 14 unspecified atom stereocenters. The van der Waals surface area contributed by atoms with Crippen LogP contribution in [0.1, 0.15) is 112 Å². The van der Waals surface area contributed by atoms with Crippen LogP contribution in [-0.4, -0.2) is 126 Å². The van der Waals surface area contributed by atoms with Crippen molar-refractivity contribution in [1.29, 1.82) is 0 Å². The molecule has 1 aliphatic carbocycles. The molecule has 0 radical (unpaired) electrons. The fourth-order valence-corrected chi connectivity index (χ4v) is 10.5. The molecule has 4 aliphatic rings. The highest BCUT2D eigenvalue weighted by atomic mass is 32.1. The van der Waals surface area contributed by atoms with E-state index in [1.165, 1.54) is 19.1 Å². The van der Waals surface area contributed by atoms with Gasteiger partial charge in [-0.3, -0.25) is 14.4 Å². The number of carbonyl (C=O) groups excluding carboxylic acids is 4. The highest BCUT2D eigenvalue weighted by Gasteiger charge is 2.56. The zero-order valence-electron chi connectivity index (χ0n) is 39.8. The molecule has 2 saturated heterocycles. The van der Waals surface area contributed by atoms with Crippen LogP contribution in [0.3, 0.4) is 0 Å². The minimum absolute atomic E-state index is 0.00268. The SMILES string of the molecule is CC/C1=C\C(C)CC(C)CC(OC)C2OC(O)(C(=O)C(=O)N3CCCCC3C(=O)OC(C(C)=CC3CCC(OC(=S)Oc4ccccc4)C(OC)C3)C(C)C(O)CC1=O)C(C)CC2OC. The van der Waals surface area contributed by atoms with E-state index in [0.717, 1.165) is 0 Å². The van der Waals surface area contributed by atoms with Crippen molar-refractivity contribution in [2.45, 2.75) is 167 Å². The number of cyclic esters (lactones) is 1. The molecule has 3 fully saturated rings. The van der Waals surface area contributed by atoms with Gasteiger partial charge in [-0.2, -0.15) is 0 Å². The van der Waals surface area contributed by atoms with Crippen LogP contribution in [0.4, 0.5) is 0 Å². The largest absolute Gasteiger partial charge is 0.456 e. The number of benzene rings is 1. The zero-order valence-corrected chi connectivity index (χ0v) is 40.6. The number of ketones is 2. The molecule has 3 heterocycles. The van der Waals surface area contributed by atoms with E-state index in [9.17, 15) is 29.4 Å². The summed E-state index contributed by atoms with van der Waals surface area (Å²) in [7, 11) is 4.68. The van der Waals surface area contributed by atoms with Crippen molar-refractivity contribution < 1.29 is 62.5 Å². The number of ether oxygens (including phenoxy) is 7. The van der Waals surface area contributed by atoms with Gasteiger partial charge in [0.05, 0.1) is 24.4 Å². The molecule has 1 aromatic carbocycles. The molecule has 1 saturated carbocycles. The lowest BCUT2D eigenvalue weighted by Crippen LogP contribution is -2.64. The second kappa shape index (κ2) is 23.9. The third-order valence-electron chi connectivity index (χ3n) is 14.0. The summed E-state index contributed by atoms with van der Waals surface area (Å²) in [4.78, 5) is 58.3. The Morgan fingerprint density at radius 3 is 2.23 bits per heavy atom. The fourth-order valence-electron chi connectivity index (χ4n) is 10.3. The molecule has 0 aromatic heterocycles. The molecular weight excluding hydrogens is 855 g/mol. The molecule has 1 amide bonds. The van der Waals surface area contributed by atoms with Crippen LogP contribution in [0.5, 0.6) is 5.75 Å². The number of esters is 1. The first-order chi connectivity index (χ1) is 30.9. The summed E-state index contributed by atoms with van der Waals surface area (Å²) in [5.74, 6) is -6.71. The molecule has 362 valence electrons. The average Bonchev–Trinajstić information content (AvgIpc) is 3.29. The summed E-state index contributed by atoms with van der Waals surface area (Å²) in [5.41, 5.74) is 1.26. The van der Waals surface area contributed by atoms with Crippen LogP contribution >= 0.6 is 12.2 Å². The number of aliphatic hydroxyl groups is 2. The second-order valence-electron chi connectivity index (χ2n) is 18.9. The van der Waals surface area contributed by atoms with Gasteiger partial charge in [0.2, 0.25) is 5.79 Å². The summed E-state index contributed by atoms with van der Waals surface area (Å²) in [5, 5.41) is 23.9. The number of nitrogens with zero attached hydrogens (tertiary/aromatic N) is 1. The van der Waals surface area contributed by atoms with Gasteiger partial charge < -0.3 is 48.3 Å². The molecule has 5 rings (SSSR count). The quantitative estimate of drug-likeness (QED) is 0.120. The second-order valence-corrected chi connectivity index (χ2v) is 19.2. The maximum absolute atomic E-state index is 14.5. The number of thiocarbonyl (C=S) groups is 1. The maximum atomic E-state index is 14.5. The van der Waals surface area contributed by atoms with Gasteiger partial charge in [-0.15, -0.1) is 0 Å². The highest BCUT2D eigenvalue weighted by Crippen LogP contribution is 2.39. The monoisotopic (exact) mass is 927 g/mol. The minimum Gasteiger partial charge on any atom is -0.456 e. The smallest absolute Gasteiger partial charge is 0.358 e. The van der Waals surface area contributed by atoms with Crippen LogP contribution < -0.4 is 4.74 Å². The normalized spacial score (nSPS) is 37.2. The van der Waals surface area contributed by atoms with Crippen molar-refractivity contribution in [3.63, 3.8) is 0 Å². The molecule has 2 N–H and O–H groups in total. The summed E-state index contributed by atoms with van der Waals surface area (Å²) in [6.45, 7) is 11.3. The Hall–Kier alpha value is -3.57. The predicted molar refractivity (Wildman–Crippen MR) is 247 cm³/mol. The number of rotatable bonds is 8. The Morgan fingerprint density at radius 1 is 0.892 bits per heavy atom. The number of aliphatic hydroxyl groups excluding tert-OH is 1. The lowest BCUT2D eigenvalue weighted by atomic mass is 9.81. The Labute approximate surface area is 390 Å². The van der Waals surface area contributed by atoms with Crippen LogP contribution in [0.2, 0.25) is 0 Å². The molecule has 1 aromatic rings. The van der Waals surface area contributed by atoms with Crippen molar-refractivity contribution in [3.05, 3.63) is 53.6 Å². The number of hydrogen-bond donors (Lipinski definition) is 2. The number of amides is 1. The van der Waals surface area contributed by atoms with E-state index >= 15 is 0 Å². The van der Waals surface area contributed by atoms with E-state index < -0.39 is 71.8 Å². The molecule has 14 atom stereocenters. The van der Waals surface area contributed by atoms with Gasteiger partial charge in [0.15, 0.2) is 5.78 Å². The van der Waals surface area contributed by atoms with Crippen LogP contribution in [0.15, 0.2) is 53.6 Å². The van der Waals surface area contributed by atoms with Crippen LogP contribution in [0.25, 0.3) is 0 Å². The molecule has 0 spiro atoms. The van der Waals surface area contributed by atoms with Gasteiger partial charge in [-0.1, -0.05) is 65.0 Å². The molecule has 2 bridgehead atoms. The summed E-state index contributed by atoms with van der Waals surface area (Å²) < 4.78 is 42.1. The van der Waals surface area contributed by atoms with Gasteiger partial charge in [-0.25, -0.2) is 4.79 Å². The van der Waals surface area contributed by atoms with Crippen molar-refractivity contribution in [1.82, 2.24) is 4.90 Å². The first-order valence-electron chi connectivity index (χ1n) is 23.5. The summed E-state index contributed by atoms with van der Waals surface area (Å²) in [6, 6.07) is 7.98. The van der Waals surface area contributed by atoms with E-state index in [0.29, 0.717) is 68.3 Å². The number of para-hydroxylation sites is 1. The molecular formula is C50H73NO13S. The Kier molecular flexibility index (Phi) is 19.3. The van der Waals surface area contributed by atoms with Gasteiger partial charge >= 0.3 is 11.2 Å². The number of allylic oxidation sites excluding steroid dienone is 3. The number of fused-ring (bicyclic) bond motifs is 3. The Morgan fingerprint density at radius 2 is 1.57 bits per heavy atom. The third-order valence-corrected chi connectivity index (χ3v) is 14.2. The number of hydrogen-bond acceptors (Lipinski definition) is 14. The zero-order chi connectivity index (χ0) is 47.6. The molecule has 3 aliphatic heterocycles. The highest BCUT2D eigenvalue weighted by molar-refractivity contribution is 7.79. The minimum atomic E-state index is -2.52. The van der Waals surface area contributed by atoms with Crippen molar-refractivity contribution in [2.24, 2.45) is 29.6 Å². The van der Waals surface area contributed by atoms with Crippen LogP contribution in [-0.2, 0) is 47.6 Å². The van der Waals surface area contributed by atoms with Gasteiger partial charge in [0, 0.05) is 58.3 Å². The van der Waals surface area contributed by atoms with Crippen LogP contribution in [0, 0.1) is 29.6 Å². The number of Topliss-reactive ketones (excluding diaryl/α,β-unsaturated/α-hetero) is 2. The predicted octanol–water partition coefficient (Wildman–Crippen LogP) is 6.86. The third kappa shape index (κ3) is 13.1. The van der Waals surface area contributed by atoms with Crippen molar-refractivity contribution in [3.8, 4) is 5.75 Å². The van der Waals surface area contributed by atoms with Gasteiger partial charge in [0.25, 0.3) is 11.7 Å².